The number of amides is 1. The Labute approximate surface area is 149 Å². The number of thiophene rings is 1. The highest BCUT2D eigenvalue weighted by molar-refractivity contribution is 7.12. The van der Waals surface area contributed by atoms with Gasteiger partial charge in [-0.05, 0) is 35.7 Å². The number of carbonyl (C=O) groups excluding carboxylic acids is 1. The molecule has 2 aromatic heterocycles. The quantitative estimate of drug-likeness (QED) is 0.695. The van der Waals surface area contributed by atoms with Crippen molar-refractivity contribution in [2.75, 3.05) is 24.9 Å². The molecule has 1 amide bonds. The van der Waals surface area contributed by atoms with Crippen molar-refractivity contribution in [3.05, 3.63) is 58.9 Å². The minimum absolute atomic E-state index is 0.164. The van der Waals surface area contributed by atoms with Crippen molar-refractivity contribution >= 4 is 34.4 Å². The van der Waals surface area contributed by atoms with E-state index in [1.807, 2.05) is 35.7 Å². The lowest BCUT2D eigenvalue weighted by atomic mass is 10.2. The summed E-state index contributed by atoms with van der Waals surface area (Å²) in [4.78, 5) is 16.9. The molecule has 2 N–H and O–H groups in total. The standard InChI is InChI=1S/C18H17N3O3S/c1-23-14-7-5-12(10-15(14)24-2)20-13-6-8-17(19-11-13)21-18(22)16-4-3-9-25-16/h3-11,20H,1-2H3,(H,19,21,22). The summed E-state index contributed by atoms with van der Waals surface area (Å²) in [6.45, 7) is 0. The molecule has 0 bridgehead atoms. The molecule has 0 radical (unpaired) electrons. The van der Waals surface area contributed by atoms with Gasteiger partial charge in [-0.2, -0.15) is 0 Å². The number of nitrogens with one attached hydrogen (secondary N) is 2. The van der Waals surface area contributed by atoms with Crippen LogP contribution in [-0.2, 0) is 0 Å². The number of aromatic nitrogens is 1. The van der Waals surface area contributed by atoms with Gasteiger partial charge in [-0.15, -0.1) is 11.3 Å². The summed E-state index contributed by atoms with van der Waals surface area (Å²) in [5, 5.41) is 7.85. The van der Waals surface area contributed by atoms with Gasteiger partial charge >= 0.3 is 0 Å². The summed E-state index contributed by atoms with van der Waals surface area (Å²) < 4.78 is 10.5. The van der Waals surface area contributed by atoms with E-state index in [4.69, 9.17) is 9.47 Å². The number of ether oxygens (including phenoxy) is 2. The lowest BCUT2D eigenvalue weighted by Crippen LogP contribution is -2.11. The fraction of sp³-hybridized carbons (Fsp3) is 0.111. The smallest absolute Gasteiger partial charge is 0.266 e. The molecule has 3 rings (SSSR count). The highest BCUT2D eigenvalue weighted by atomic mass is 32.1. The molecule has 0 aliphatic carbocycles. The van der Waals surface area contributed by atoms with Crippen molar-refractivity contribution in [3.8, 4) is 11.5 Å². The van der Waals surface area contributed by atoms with Crippen LogP contribution in [0.2, 0.25) is 0 Å². The lowest BCUT2D eigenvalue weighted by Gasteiger charge is -2.11. The largest absolute Gasteiger partial charge is 0.493 e. The van der Waals surface area contributed by atoms with Crippen LogP contribution in [0.3, 0.4) is 0 Å². The Balaban J connectivity index is 1.67. The third-order valence-corrected chi connectivity index (χ3v) is 4.29. The number of pyridine rings is 1. The van der Waals surface area contributed by atoms with Crippen LogP contribution in [0.25, 0.3) is 0 Å². The summed E-state index contributed by atoms with van der Waals surface area (Å²) >= 11 is 1.39. The third-order valence-electron chi connectivity index (χ3n) is 3.42. The molecule has 1 aromatic carbocycles. The fourth-order valence-corrected chi connectivity index (χ4v) is 2.83. The predicted octanol–water partition coefficient (Wildman–Crippen LogP) is 4.16. The van der Waals surface area contributed by atoms with Crippen LogP contribution in [-0.4, -0.2) is 25.1 Å². The number of nitrogens with zero attached hydrogens (tertiary/aromatic N) is 1. The first-order valence-corrected chi connectivity index (χ1v) is 8.37. The molecule has 2 heterocycles. The highest BCUT2D eigenvalue weighted by Gasteiger charge is 2.08. The molecule has 0 unspecified atom stereocenters. The van der Waals surface area contributed by atoms with Crippen molar-refractivity contribution in [2.45, 2.75) is 0 Å². The van der Waals surface area contributed by atoms with Gasteiger partial charge in [0.05, 0.1) is 31.0 Å². The molecular formula is C18H17N3O3S. The van der Waals surface area contributed by atoms with E-state index in [1.54, 1.807) is 32.5 Å². The molecule has 25 heavy (non-hydrogen) atoms. The van der Waals surface area contributed by atoms with Crippen LogP contribution >= 0.6 is 11.3 Å². The molecule has 0 saturated heterocycles. The van der Waals surface area contributed by atoms with Crippen molar-refractivity contribution in [3.63, 3.8) is 0 Å². The van der Waals surface area contributed by atoms with Gasteiger partial charge in [0.25, 0.3) is 5.91 Å². The van der Waals surface area contributed by atoms with E-state index in [2.05, 4.69) is 15.6 Å². The van der Waals surface area contributed by atoms with E-state index in [1.165, 1.54) is 11.3 Å². The van der Waals surface area contributed by atoms with Crippen LogP contribution in [0, 0.1) is 0 Å². The van der Waals surface area contributed by atoms with Gasteiger partial charge in [0.2, 0.25) is 0 Å². The zero-order chi connectivity index (χ0) is 17.6. The van der Waals surface area contributed by atoms with Gasteiger partial charge in [0.1, 0.15) is 5.82 Å². The maximum atomic E-state index is 12.0. The van der Waals surface area contributed by atoms with Crippen molar-refractivity contribution in [2.24, 2.45) is 0 Å². The minimum Gasteiger partial charge on any atom is -0.493 e. The average molecular weight is 355 g/mol. The number of carbonyl (C=O) groups is 1. The van der Waals surface area contributed by atoms with Crippen LogP contribution in [0.15, 0.2) is 54.0 Å². The first-order valence-electron chi connectivity index (χ1n) is 7.49. The van der Waals surface area contributed by atoms with E-state index in [0.29, 0.717) is 22.2 Å². The molecule has 3 aromatic rings. The Morgan fingerprint density at radius 3 is 2.48 bits per heavy atom. The van der Waals surface area contributed by atoms with E-state index >= 15 is 0 Å². The second kappa shape index (κ2) is 7.67. The van der Waals surface area contributed by atoms with Crippen molar-refractivity contribution in [1.82, 2.24) is 4.98 Å². The van der Waals surface area contributed by atoms with Crippen LogP contribution in [0.5, 0.6) is 11.5 Å². The first kappa shape index (κ1) is 16.8. The average Bonchev–Trinajstić information content (AvgIpc) is 3.18. The fourth-order valence-electron chi connectivity index (χ4n) is 2.21. The van der Waals surface area contributed by atoms with Crippen LogP contribution < -0.4 is 20.1 Å². The Kier molecular flexibility index (Phi) is 5.15. The van der Waals surface area contributed by atoms with E-state index in [-0.39, 0.29) is 5.91 Å². The van der Waals surface area contributed by atoms with E-state index in [0.717, 1.165) is 11.4 Å². The first-order chi connectivity index (χ1) is 12.2. The lowest BCUT2D eigenvalue weighted by molar-refractivity contribution is 0.103. The summed E-state index contributed by atoms with van der Waals surface area (Å²) in [7, 11) is 3.19. The number of hydrogen-bond acceptors (Lipinski definition) is 6. The van der Waals surface area contributed by atoms with Crippen molar-refractivity contribution in [1.29, 1.82) is 0 Å². The van der Waals surface area contributed by atoms with Crippen LogP contribution in [0.1, 0.15) is 9.67 Å². The van der Waals surface area contributed by atoms with E-state index < -0.39 is 0 Å². The van der Waals surface area contributed by atoms with Crippen molar-refractivity contribution < 1.29 is 14.3 Å². The summed E-state index contributed by atoms with van der Waals surface area (Å²) in [6.07, 6.45) is 1.65. The maximum Gasteiger partial charge on any atom is 0.266 e. The van der Waals surface area contributed by atoms with Gasteiger partial charge in [-0.1, -0.05) is 6.07 Å². The molecule has 0 saturated carbocycles. The second-order valence-corrected chi connectivity index (χ2v) is 6.01. The normalized spacial score (nSPS) is 10.2. The Morgan fingerprint density at radius 2 is 1.84 bits per heavy atom. The van der Waals surface area contributed by atoms with Gasteiger partial charge in [-0.25, -0.2) is 4.98 Å². The summed E-state index contributed by atoms with van der Waals surface area (Å²) in [5.74, 6) is 1.64. The Morgan fingerprint density at radius 1 is 1.04 bits per heavy atom. The number of methoxy groups -OCH3 is 2. The molecule has 128 valence electrons. The summed E-state index contributed by atoms with van der Waals surface area (Å²) in [6, 6.07) is 12.7. The zero-order valence-corrected chi connectivity index (χ0v) is 14.6. The molecule has 0 fully saturated rings. The number of benzene rings is 1. The maximum absolute atomic E-state index is 12.0. The Hall–Kier alpha value is -3.06. The number of anilines is 3. The van der Waals surface area contributed by atoms with E-state index in [9.17, 15) is 4.79 Å². The molecule has 7 heteroatoms. The second-order valence-electron chi connectivity index (χ2n) is 5.06. The van der Waals surface area contributed by atoms with Gasteiger partial charge in [0, 0.05) is 11.8 Å². The van der Waals surface area contributed by atoms with Gasteiger partial charge in [0.15, 0.2) is 11.5 Å². The molecule has 0 atom stereocenters. The molecule has 0 spiro atoms. The Bertz CT molecular complexity index is 849. The number of hydrogen-bond donors (Lipinski definition) is 2. The topological polar surface area (TPSA) is 72.5 Å². The number of rotatable bonds is 6. The molecular weight excluding hydrogens is 338 g/mol. The molecule has 6 nitrogen and oxygen atoms in total. The van der Waals surface area contributed by atoms with Gasteiger partial charge < -0.3 is 20.1 Å². The molecule has 0 aliphatic rings. The zero-order valence-electron chi connectivity index (χ0n) is 13.8. The predicted molar refractivity (Wildman–Crippen MR) is 99.3 cm³/mol. The molecule has 0 aliphatic heterocycles. The minimum atomic E-state index is -0.164. The third kappa shape index (κ3) is 4.07. The highest BCUT2D eigenvalue weighted by Crippen LogP contribution is 2.31. The van der Waals surface area contributed by atoms with Gasteiger partial charge in [-0.3, -0.25) is 4.79 Å². The summed E-state index contributed by atoms with van der Waals surface area (Å²) in [5.41, 5.74) is 1.64. The monoisotopic (exact) mass is 355 g/mol. The SMILES string of the molecule is COc1ccc(Nc2ccc(NC(=O)c3cccs3)nc2)cc1OC. The van der Waals surface area contributed by atoms with Crippen LogP contribution in [0.4, 0.5) is 17.2 Å².